The quantitative estimate of drug-likeness (QED) is 0.386. The van der Waals surface area contributed by atoms with Crippen molar-refractivity contribution in [1.29, 1.82) is 0 Å². The fourth-order valence-corrected chi connectivity index (χ4v) is 4.94. The van der Waals surface area contributed by atoms with Crippen molar-refractivity contribution in [3.63, 3.8) is 0 Å². The van der Waals surface area contributed by atoms with Crippen LogP contribution in [0.15, 0.2) is 46.9 Å². The largest absolute Gasteiger partial charge is 0.497 e. The highest BCUT2D eigenvalue weighted by atomic mass is 79.9. The molecule has 0 spiro atoms. The van der Waals surface area contributed by atoms with Gasteiger partial charge in [-0.15, -0.1) is 0 Å². The fraction of sp³-hybridized carbons (Fsp3) is 0.500. The Balaban J connectivity index is 1.77. The van der Waals surface area contributed by atoms with E-state index in [2.05, 4.69) is 35.1 Å². The molecule has 0 bridgehead atoms. The van der Waals surface area contributed by atoms with Gasteiger partial charge in [0.25, 0.3) is 5.91 Å². The summed E-state index contributed by atoms with van der Waals surface area (Å²) >= 11 is 3.56. The molecule has 1 aliphatic carbocycles. The van der Waals surface area contributed by atoms with Crippen LogP contribution in [0, 0.1) is 0 Å². The summed E-state index contributed by atoms with van der Waals surface area (Å²) in [7, 11) is 1.62. The van der Waals surface area contributed by atoms with Crippen molar-refractivity contribution in [2.45, 2.75) is 77.4 Å². The van der Waals surface area contributed by atoms with Gasteiger partial charge in [-0.2, -0.15) is 0 Å². The zero-order valence-corrected chi connectivity index (χ0v) is 22.8. The lowest BCUT2D eigenvalue weighted by Gasteiger charge is -2.31. The summed E-state index contributed by atoms with van der Waals surface area (Å²) in [6.45, 7) is 6.36. The first-order valence-corrected chi connectivity index (χ1v) is 13.3. The zero-order valence-electron chi connectivity index (χ0n) is 21.2. The summed E-state index contributed by atoms with van der Waals surface area (Å²) < 4.78 is 12.0. The van der Waals surface area contributed by atoms with Gasteiger partial charge in [-0.05, 0) is 76.5 Å². The van der Waals surface area contributed by atoms with Gasteiger partial charge in [0, 0.05) is 12.6 Å². The monoisotopic (exact) mass is 544 g/mol. The van der Waals surface area contributed by atoms with E-state index in [1.165, 1.54) is 5.56 Å². The Hall–Kier alpha value is -2.54. The Bertz CT molecular complexity index is 987. The molecule has 6 nitrogen and oxygen atoms in total. The van der Waals surface area contributed by atoms with Crippen molar-refractivity contribution >= 4 is 27.7 Å². The van der Waals surface area contributed by atoms with E-state index in [4.69, 9.17) is 9.47 Å². The number of nitrogens with one attached hydrogen (secondary N) is 1. The third-order valence-corrected chi connectivity index (χ3v) is 7.19. The van der Waals surface area contributed by atoms with E-state index in [0.29, 0.717) is 24.6 Å². The van der Waals surface area contributed by atoms with Gasteiger partial charge in [-0.1, -0.05) is 51.8 Å². The number of methoxy groups -OCH3 is 1. The normalized spacial score (nSPS) is 14.6. The molecule has 1 fully saturated rings. The maximum atomic E-state index is 13.5. The molecule has 1 atom stereocenters. The number of ether oxygens (including phenoxy) is 2. The third-order valence-electron chi connectivity index (χ3n) is 6.57. The Morgan fingerprint density at radius 1 is 1.11 bits per heavy atom. The van der Waals surface area contributed by atoms with Crippen LogP contribution in [0.3, 0.4) is 0 Å². The minimum Gasteiger partial charge on any atom is -0.497 e. The minimum absolute atomic E-state index is 0.0938. The second-order valence-corrected chi connectivity index (χ2v) is 10.3. The predicted molar refractivity (Wildman–Crippen MR) is 142 cm³/mol. The number of benzene rings is 2. The Labute approximate surface area is 217 Å². The molecule has 0 aliphatic heterocycles. The van der Waals surface area contributed by atoms with Gasteiger partial charge in [0.1, 0.15) is 17.5 Å². The van der Waals surface area contributed by atoms with Crippen LogP contribution in [0.2, 0.25) is 0 Å². The first-order valence-electron chi connectivity index (χ1n) is 12.5. The summed E-state index contributed by atoms with van der Waals surface area (Å²) in [5.74, 6) is 1.43. The van der Waals surface area contributed by atoms with Gasteiger partial charge in [0.15, 0.2) is 6.61 Å². The molecule has 35 heavy (non-hydrogen) atoms. The van der Waals surface area contributed by atoms with E-state index in [-0.39, 0.29) is 24.5 Å². The fourth-order valence-electron chi connectivity index (χ4n) is 4.43. The Morgan fingerprint density at radius 3 is 2.37 bits per heavy atom. The number of hydrogen-bond donors (Lipinski definition) is 1. The van der Waals surface area contributed by atoms with Crippen LogP contribution in [0.25, 0.3) is 0 Å². The average Bonchev–Trinajstić information content (AvgIpc) is 3.36. The van der Waals surface area contributed by atoms with Crippen LogP contribution < -0.4 is 14.8 Å². The van der Waals surface area contributed by atoms with Gasteiger partial charge in [0.05, 0.1) is 11.6 Å². The van der Waals surface area contributed by atoms with Crippen molar-refractivity contribution in [1.82, 2.24) is 10.2 Å². The minimum atomic E-state index is -0.569. The summed E-state index contributed by atoms with van der Waals surface area (Å²) in [5.41, 5.74) is 2.11. The molecule has 190 valence electrons. The summed E-state index contributed by atoms with van der Waals surface area (Å²) in [4.78, 5) is 28.3. The Morgan fingerprint density at radius 2 is 1.80 bits per heavy atom. The molecule has 1 N–H and O–H groups in total. The smallest absolute Gasteiger partial charge is 0.261 e. The lowest BCUT2D eigenvalue weighted by Crippen LogP contribution is -2.52. The van der Waals surface area contributed by atoms with Crippen LogP contribution in [0.5, 0.6) is 11.5 Å². The van der Waals surface area contributed by atoms with Crippen molar-refractivity contribution in [3.8, 4) is 11.5 Å². The van der Waals surface area contributed by atoms with E-state index in [1.54, 1.807) is 12.0 Å². The molecule has 3 rings (SSSR count). The first-order chi connectivity index (χ1) is 16.8. The molecule has 2 amide bonds. The molecule has 2 aromatic carbocycles. The van der Waals surface area contributed by atoms with Gasteiger partial charge in [-0.25, -0.2) is 0 Å². The molecule has 0 radical (unpaired) electrons. The van der Waals surface area contributed by atoms with Crippen LogP contribution in [-0.4, -0.2) is 42.5 Å². The van der Waals surface area contributed by atoms with E-state index in [9.17, 15) is 9.59 Å². The van der Waals surface area contributed by atoms with E-state index < -0.39 is 6.04 Å². The van der Waals surface area contributed by atoms with Crippen molar-refractivity contribution in [3.05, 3.63) is 58.1 Å². The van der Waals surface area contributed by atoms with Crippen LogP contribution in [0.1, 0.15) is 69.9 Å². The zero-order chi connectivity index (χ0) is 25.4. The number of carbonyl (C=O) groups is 2. The van der Waals surface area contributed by atoms with Crippen LogP contribution in [0.4, 0.5) is 0 Å². The van der Waals surface area contributed by atoms with Gasteiger partial charge in [0.2, 0.25) is 5.91 Å². The molecule has 7 heteroatoms. The second kappa shape index (κ2) is 13.0. The number of halogens is 1. The highest BCUT2D eigenvalue weighted by molar-refractivity contribution is 9.10. The number of hydrogen-bond acceptors (Lipinski definition) is 4. The Kier molecular flexibility index (Phi) is 10.0. The first kappa shape index (κ1) is 27.1. The van der Waals surface area contributed by atoms with Crippen molar-refractivity contribution < 1.29 is 19.1 Å². The summed E-state index contributed by atoms with van der Waals surface area (Å²) in [5, 5.41) is 3.17. The summed E-state index contributed by atoms with van der Waals surface area (Å²) in [6.07, 6.45) is 4.78. The summed E-state index contributed by atoms with van der Waals surface area (Å²) in [6, 6.07) is 13.1. The van der Waals surface area contributed by atoms with Gasteiger partial charge < -0.3 is 19.7 Å². The third kappa shape index (κ3) is 7.47. The number of nitrogens with zero attached hydrogens (tertiary/aromatic N) is 1. The van der Waals surface area contributed by atoms with Gasteiger partial charge >= 0.3 is 0 Å². The molecule has 1 aliphatic rings. The van der Waals surface area contributed by atoms with Crippen molar-refractivity contribution in [2.75, 3.05) is 13.7 Å². The molecule has 2 aromatic rings. The van der Waals surface area contributed by atoms with Crippen LogP contribution >= 0.6 is 15.9 Å². The molecule has 0 heterocycles. The highest BCUT2D eigenvalue weighted by Crippen LogP contribution is 2.29. The lowest BCUT2D eigenvalue weighted by atomic mass is 10.0. The number of amides is 2. The molecule has 1 saturated carbocycles. The number of carbonyl (C=O) groups excluding carboxylic acids is 2. The SMILES string of the molecule is CCC(C(=O)NC1CCCC1)N(Cc1ccc(OC)cc1)C(=O)COc1ccc(C(C)C)cc1Br. The topological polar surface area (TPSA) is 67.9 Å². The standard InChI is InChI=1S/C28H37BrN2O4/c1-5-25(28(33)30-22-8-6-7-9-22)31(17-20-10-13-23(34-4)14-11-20)27(32)18-35-26-15-12-21(19(2)3)16-24(26)29/h10-16,19,22,25H,5-9,17-18H2,1-4H3,(H,30,33). The molecular formula is C28H37BrN2O4. The lowest BCUT2D eigenvalue weighted by molar-refractivity contribution is -0.143. The second-order valence-electron chi connectivity index (χ2n) is 9.42. The van der Waals surface area contributed by atoms with E-state index >= 15 is 0 Å². The maximum Gasteiger partial charge on any atom is 0.261 e. The van der Waals surface area contributed by atoms with Crippen molar-refractivity contribution in [2.24, 2.45) is 0 Å². The average molecular weight is 546 g/mol. The molecule has 0 saturated heterocycles. The molecular weight excluding hydrogens is 508 g/mol. The maximum absolute atomic E-state index is 13.5. The van der Waals surface area contributed by atoms with E-state index in [1.807, 2.05) is 49.4 Å². The predicted octanol–water partition coefficient (Wildman–Crippen LogP) is 5.83. The molecule has 0 aromatic heterocycles. The molecule has 1 unspecified atom stereocenters. The van der Waals surface area contributed by atoms with Crippen LogP contribution in [-0.2, 0) is 16.1 Å². The number of rotatable bonds is 11. The highest BCUT2D eigenvalue weighted by Gasteiger charge is 2.31. The van der Waals surface area contributed by atoms with E-state index in [0.717, 1.165) is 41.5 Å². The van der Waals surface area contributed by atoms with Gasteiger partial charge in [-0.3, -0.25) is 9.59 Å².